The quantitative estimate of drug-likeness (QED) is 0.746. The number of hydrogen-bond acceptors (Lipinski definition) is 3. The highest BCUT2D eigenvalue weighted by molar-refractivity contribution is 7.99. The maximum atomic E-state index is 5.93. The Morgan fingerprint density at radius 3 is 3.08 bits per heavy atom. The van der Waals surface area contributed by atoms with Crippen LogP contribution in [-0.4, -0.2) is 12.3 Å². The molecule has 13 heavy (non-hydrogen) atoms. The number of nitrogens with two attached hydrogens (primary N) is 2. The zero-order chi connectivity index (χ0) is 9.26. The molecule has 2 nitrogen and oxygen atoms in total. The lowest BCUT2D eigenvalue weighted by Gasteiger charge is -2.13. The van der Waals surface area contributed by atoms with Crippen LogP contribution in [0.15, 0.2) is 23.1 Å². The van der Waals surface area contributed by atoms with E-state index >= 15 is 0 Å². The second kappa shape index (κ2) is 3.70. The summed E-state index contributed by atoms with van der Waals surface area (Å²) >= 11 is 1.91. The van der Waals surface area contributed by atoms with Crippen LogP contribution in [0, 0.1) is 0 Å². The summed E-state index contributed by atoms with van der Waals surface area (Å²) in [5.41, 5.74) is 14.2. The van der Waals surface area contributed by atoms with Gasteiger partial charge >= 0.3 is 0 Å². The summed E-state index contributed by atoms with van der Waals surface area (Å²) in [5.74, 6) is 1.18. The molecule has 0 spiro atoms. The number of thioether (sulfide) groups is 1. The van der Waals surface area contributed by atoms with Gasteiger partial charge in [-0.1, -0.05) is 12.1 Å². The van der Waals surface area contributed by atoms with E-state index in [1.807, 2.05) is 11.8 Å². The van der Waals surface area contributed by atoms with Crippen LogP contribution in [0.1, 0.15) is 17.2 Å². The van der Waals surface area contributed by atoms with Gasteiger partial charge in [-0.25, -0.2) is 0 Å². The van der Waals surface area contributed by atoms with Crippen LogP contribution in [0.5, 0.6) is 0 Å². The molecule has 4 N–H and O–H groups in total. The third kappa shape index (κ3) is 1.59. The van der Waals surface area contributed by atoms with E-state index in [9.17, 15) is 0 Å². The predicted molar refractivity (Wildman–Crippen MR) is 56.9 cm³/mol. The molecule has 1 aromatic rings. The summed E-state index contributed by atoms with van der Waals surface area (Å²) in [6.45, 7) is 0.529. The fourth-order valence-electron chi connectivity index (χ4n) is 1.72. The van der Waals surface area contributed by atoms with Crippen molar-refractivity contribution in [2.24, 2.45) is 11.5 Å². The van der Waals surface area contributed by atoms with Crippen LogP contribution in [0.25, 0.3) is 0 Å². The van der Waals surface area contributed by atoms with E-state index in [1.165, 1.54) is 21.8 Å². The van der Waals surface area contributed by atoms with E-state index < -0.39 is 0 Å². The van der Waals surface area contributed by atoms with E-state index in [4.69, 9.17) is 11.5 Å². The van der Waals surface area contributed by atoms with Gasteiger partial charge in [0.25, 0.3) is 0 Å². The smallest absolute Gasteiger partial charge is 0.0422 e. The van der Waals surface area contributed by atoms with Gasteiger partial charge in [0.15, 0.2) is 0 Å². The second-order valence-corrected chi connectivity index (χ2v) is 4.40. The van der Waals surface area contributed by atoms with Gasteiger partial charge in [-0.3, -0.25) is 0 Å². The van der Waals surface area contributed by atoms with Gasteiger partial charge in [0.05, 0.1) is 0 Å². The monoisotopic (exact) mass is 194 g/mol. The number of rotatable bonds is 2. The Balaban J connectivity index is 2.41. The second-order valence-electron chi connectivity index (χ2n) is 3.26. The van der Waals surface area contributed by atoms with E-state index in [0.717, 1.165) is 6.42 Å². The van der Waals surface area contributed by atoms with Crippen molar-refractivity contribution < 1.29 is 0 Å². The molecule has 3 heteroatoms. The fourth-order valence-corrected chi connectivity index (χ4v) is 2.82. The first-order valence-corrected chi connectivity index (χ1v) is 5.51. The van der Waals surface area contributed by atoms with E-state index in [2.05, 4.69) is 18.2 Å². The van der Waals surface area contributed by atoms with Crippen molar-refractivity contribution in [3.63, 3.8) is 0 Å². The third-order valence-corrected chi connectivity index (χ3v) is 3.53. The zero-order valence-corrected chi connectivity index (χ0v) is 8.31. The average Bonchev–Trinajstić information content (AvgIpc) is 2.63. The van der Waals surface area contributed by atoms with E-state index in [1.54, 1.807) is 0 Å². The van der Waals surface area contributed by atoms with Crippen molar-refractivity contribution in [1.82, 2.24) is 0 Å². The molecule has 1 aliphatic rings. The Morgan fingerprint density at radius 2 is 2.31 bits per heavy atom. The molecule has 0 saturated carbocycles. The summed E-state index contributed by atoms with van der Waals surface area (Å²) < 4.78 is 0. The van der Waals surface area contributed by atoms with Crippen molar-refractivity contribution in [3.05, 3.63) is 29.3 Å². The lowest BCUT2D eigenvalue weighted by molar-refractivity contribution is 0.724. The highest BCUT2D eigenvalue weighted by Gasteiger charge is 2.17. The standard InChI is InChI=1S/C10H14N2S/c11-6-9(12)7-2-1-3-10-8(7)4-5-13-10/h1-3,9H,4-6,11-12H2. The van der Waals surface area contributed by atoms with Crippen LogP contribution in [0.2, 0.25) is 0 Å². The lowest BCUT2D eigenvalue weighted by Crippen LogP contribution is -2.21. The Kier molecular flexibility index (Phi) is 2.58. The molecule has 0 radical (unpaired) electrons. The van der Waals surface area contributed by atoms with Gasteiger partial charge < -0.3 is 11.5 Å². The molecule has 1 aliphatic heterocycles. The molecular formula is C10H14N2S. The number of fused-ring (bicyclic) bond motifs is 1. The maximum Gasteiger partial charge on any atom is 0.0422 e. The molecule has 1 unspecified atom stereocenters. The molecule has 2 rings (SSSR count). The number of hydrogen-bond donors (Lipinski definition) is 2. The average molecular weight is 194 g/mol. The first kappa shape index (κ1) is 9.06. The van der Waals surface area contributed by atoms with Crippen LogP contribution in [0.3, 0.4) is 0 Å². The molecule has 0 amide bonds. The molecule has 0 bridgehead atoms. The molecule has 70 valence electrons. The molecule has 1 heterocycles. The Morgan fingerprint density at radius 1 is 1.46 bits per heavy atom. The Hall–Kier alpha value is -0.510. The molecular weight excluding hydrogens is 180 g/mol. The lowest BCUT2D eigenvalue weighted by atomic mass is 9.99. The summed E-state index contributed by atoms with van der Waals surface area (Å²) in [7, 11) is 0. The normalized spacial score (nSPS) is 17.1. The van der Waals surface area contributed by atoms with Gasteiger partial charge in [0.1, 0.15) is 0 Å². The molecule has 0 aliphatic carbocycles. The van der Waals surface area contributed by atoms with Crippen LogP contribution in [-0.2, 0) is 6.42 Å². The van der Waals surface area contributed by atoms with Gasteiger partial charge in [0.2, 0.25) is 0 Å². The van der Waals surface area contributed by atoms with Gasteiger partial charge in [-0.2, -0.15) is 0 Å². The Bertz CT molecular complexity index is 312. The summed E-state index contributed by atoms with van der Waals surface area (Å²) in [5, 5.41) is 0. The predicted octanol–water partition coefficient (Wildman–Crippen LogP) is 1.29. The van der Waals surface area contributed by atoms with Crippen molar-refractivity contribution in [1.29, 1.82) is 0 Å². The van der Waals surface area contributed by atoms with E-state index in [-0.39, 0.29) is 6.04 Å². The van der Waals surface area contributed by atoms with E-state index in [0.29, 0.717) is 6.54 Å². The van der Waals surface area contributed by atoms with Crippen LogP contribution in [0.4, 0.5) is 0 Å². The summed E-state index contributed by atoms with van der Waals surface area (Å²) in [4.78, 5) is 1.39. The first-order chi connectivity index (χ1) is 6.33. The molecule has 0 aromatic heterocycles. The highest BCUT2D eigenvalue weighted by atomic mass is 32.2. The topological polar surface area (TPSA) is 52.0 Å². The number of benzene rings is 1. The van der Waals surface area contributed by atoms with Crippen molar-refractivity contribution in [3.8, 4) is 0 Å². The van der Waals surface area contributed by atoms with Crippen molar-refractivity contribution >= 4 is 11.8 Å². The van der Waals surface area contributed by atoms with Crippen molar-refractivity contribution in [2.75, 3.05) is 12.3 Å². The summed E-state index contributed by atoms with van der Waals surface area (Å²) in [6, 6.07) is 6.35. The fraction of sp³-hybridized carbons (Fsp3) is 0.400. The van der Waals surface area contributed by atoms with Crippen LogP contribution < -0.4 is 11.5 Å². The Labute approximate surface area is 82.7 Å². The molecule has 0 fully saturated rings. The van der Waals surface area contributed by atoms with Gasteiger partial charge in [-0.15, -0.1) is 11.8 Å². The van der Waals surface area contributed by atoms with Gasteiger partial charge in [0, 0.05) is 23.2 Å². The maximum absolute atomic E-state index is 5.93. The molecule has 1 aromatic carbocycles. The first-order valence-electron chi connectivity index (χ1n) is 4.53. The summed E-state index contributed by atoms with van der Waals surface area (Å²) in [6.07, 6.45) is 1.14. The SMILES string of the molecule is NCC(N)c1cccc2c1CCS2. The third-order valence-electron chi connectivity index (χ3n) is 2.43. The molecule has 0 saturated heterocycles. The molecule has 1 atom stereocenters. The minimum atomic E-state index is 0.00801. The zero-order valence-electron chi connectivity index (χ0n) is 7.49. The minimum absolute atomic E-state index is 0.00801. The minimum Gasteiger partial charge on any atom is -0.329 e. The van der Waals surface area contributed by atoms with Gasteiger partial charge in [-0.05, 0) is 23.6 Å². The highest BCUT2D eigenvalue weighted by Crippen LogP contribution is 2.34. The largest absolute Gasteiger partial charge is 0.329 e. The van der Waals surface area contributed by atoms with Crippen molar-refractivity contribution in [2.45, 2.75) is 17.4 Å². The van der Waals surface area contributed by atoms with Crippen LogP contribution >= 0.6 is 11.8 Å².